The van der Waals surface area contributed by atoms with Gasteiger partial charge in [0.05, 0.1) is 10.2 Å². The van der Waals surface area contributed by atoms with Crippen LogP contribution in [0.4, 0.5) is 4.79 Å². The van der Waals surface area contributed by atoms with Crippen molar-refractivity contribution in [3.8, 4) is 0 Å². The van der Waals surface area contributed by atoms with Crippen LogP contribution in [0.2, 0.25) is 0 Å². The van der Waals surface area contributed by atoms with Crippen LogP contribution in [-0.4, -0.2) is 27.9 Å². The lowest BCUT2D eigenvalue weighted by molar-refractivity contribution is -0.155. The van der Waals surface area contributed by atoms with Gasteiger partial charge < -0.3 is 5.11 Å². The zero-order valence-electron chi connectivity index (χ0n) is 9.34. The van der Waals surface area contributed by atoms with Gasteiger partial charge in [0.1, 0.15) is 5.01 Å². The first kappa shape index (κ1) is 11.8. The van der Waals surface area contributed by atoms with Gasteiger partial charge in [0.2, 0.25) is 0 Å². The fourth-order valence-corrected chi connectivity index (χ4v) is 2.79. The third kappa shape index (κ3) is 1.61. The summed E-state index contributed by atoms with van der Waals surface area (Å²) in [5.41, 5.74) is -1.91. The highest BCUT2D eigenvalue weighted by molar-refractivity contribution is 7.19. The molecule has 1 aromatic heterocycles. The fourth-order valence-electron chi connectivity index (χ4n) is 1.74. The van der Waals surface area contributed by atoms with Gasteiger partial charge in [-0.05, 0) is 12.1 Å². The molecule has 8 heteroatoms. The second-order valence-corrected chi connectivity index (χ2v) is 4.97. The molecule has 2 aromatic rings. The minimum Gasteiger partial charge on any atom is -0.366 e. The molecule has 0 bridgehead atoms. The third-order valence-corrected chi connectivity index (χ3v) is 3.86. The van der Waals surface area contributed by atoms with Gasteiger partial charge >= 0.3 is 6.03 Å². The Morgan fingerprint density at radius 1 is 1.11 bits per heavy atom. The van der Waals surface area contributed by atoms with Crippen molar-refractivity contribution >= 4 is 39.4 Å². The van der Waals surface area contributed by atoms with Crippen LogP contribution < -0.4 is 10.6 Å². The molecule has 4 amide bonds. The largest absolute Gasteiger partial charge is 0.366 e. The average Bonchev–Trinajstić information content (AvgIpc) is 2.79. The number of fused-ring (bicyclic) bond motifs is 1. The molecule has 0 unspecified atom stereocenters. The molecule has 0 aliphatic carbocycles. The molecule has 1 fully saturated rings. The number of carbonyl (C=O) groups excluding carboxylic acids is 3. The summed E-state index contributed by atoms with van der Waals surface area (Å²) in [6.07, 6.45) is 0. The van der Waals surface area contributed by atoms with Crippen LogP contribution in [0.1, 0.15) is 5.01 Å². The number of nitrogens with zero attached hydrogens (tertiary/aromatic N) is 1. The maximum absolute atomic E-state index is 11.7. The summed E-state index contributed by atoms with van der Waals surface area (Å²) >= 11 is 1.02. The van der Waals surface area contributed by atoms with Gasteiger partial charge in [-0.3, -0.25) is 20.2 Å². The molecule has 0 atom stereocenters. The zero-order valence-corrected chi connectivity index (χ0v) is 10.2. The number of amides is 4. The van der Waals surface area contributed by atoms with E-state index in [0.29, 0.717) is 5.52 Å². The van der Waals surface area contributed by atoms with Crippen LogP contribution in [0, 0.1) is 0 Å². The van der Waals surface area contributed by atoms with Crippen molar-refractivity contribution in [3.05, 3.63) is 29.3 Å². The van der Waals surface area contributed by atoms with Crippen LogP contribution in [-0.2, 0) is 15.2 Å². The summed E-state index contributed by atoms with van der Waals surface area (Å²) in [5.74, 6) is -2.19. The maximum Gasteiger partial charge on any atom is 0.328 e. The van der Waals surface area contributed by atoms with Crippen LogP contribution >= 0.6 is 11.3 Å². The first-order chi connectivity index (χ1) is 9.01. The van der Waals surface area contributed by atoms with E-state index in [1.165, 1.54) is 0 Å². The molecule has 3 N–H and O–H groups in total. The minimum absolute atomic E-state index is 0.0730. The molecule has 0 spiro atoms. The minimum atomic E-state index is -2.47. The number of rotatable bonds is 1. The SMILES string of the molecule is O=C1NC(=O)C(O)(c2nc3ccccc3s2)C(=O)N1. The summed E-state index contributed by atoms with van der Waals surface area (Å²) in [7, 11) is 0. The Morgan fingerprint density at radius 2 is 1.74 bits per heavy atom. The monoisotopic (exact) mass is 277 g/mol. The normalized spacial score (nSPS) is 18.3. The van der Waals surface area contributed by atoms with Gasteiger partial charge in [-0.1, -0.05) is 12.1 Å². The highest BCUT2D eigenvalue weighted by Gasteiger charge is 2.53. The number of benzene rings is 1. The van der Waals surface area contributed by atoms with Crippen molar-refractivity contribution in [1.82, 2.24) is 15.6 Å². The van der Waals surface area contributed by atoms with E-state index in [0.717, 1.165) is 16.0 Å². The highest BCUT2D eigenvalue weighted by atomic mass is 32.1. The molecule has 3 rings (SSSR count). The number of hydrogen-bond donors (Lipinski definition) is 3. The van der Waals surface area contributed by atoms with E-state index < -0.39 is 23.4 Å². The summed E-state index contributed by atoms with van der Waals surface area (Å²) in [4.78, 5) is 38.5. The Labute approximate surface area is 110 Å². The van der Waals surface area contributed by atoms with Crippen LogP contribution in [0.5, 0.6) is 0 Å². The summed E-state index contributed by atoms with van der Waals surface area (Å²) in [6.45, 7) is 0. The number of barbiturate groups is 1. The fraction of sp³-hybridized carbons (Fsp3) is 0.0909. The molecular weight excluding hydrogens is 270 g/mol. The van der Waals surface area contributed by atoms with E-state index in [1.54, 1.807) is 24.3 Å². The summed E-state index contributed by atoms with van der Waals surface area (Å²) in [6, 6.07) is 6.02. The van der Waals surface area contributed by atoms with Crippen molar-refractivity contribution < 1.29 is 19.5 Å². The summed E-state index contributed by atoms with van der Waals surface area (Å²) in [5, 5.41) is 13.9. The van der Waals surface area contributed by atoms with E-state index in [2.05, 4.69) is 4.98 Å². The van der Waals surface area contributed by atoms with E-state index >= 15 is 0 Å². The number of para-hydroxylation sites is 1. The number of imide groups is 2. The Morgan fingerprint density at radius 3 is 2.37 bits per heavy atom. The third-order valence-electron chi connectivity index (χ3n) is 2.71. The predicted octanol–water partition coefficient (Wildman–Crippen LogP) is -0.150. The van der Waals surface area contributed by atoms with E-state index in [4.69, 9.17) is 0 Å². The molecule has 7 nitrogen and oxygen atoms in total. The Bertz CT molecular complexity index is 671. The standard InChI is InChI=1S/C11H7N3O4S/c15-7-11(18,8(16)14-10(17)13-7)9-12-5-3-1-2-4-6(5)19-9/h1-4,18H,(H2,13,14,15,16,17). The van der Waals surface area contributed by atoms with E-state index in [1.807, 2.05) is 10.6 Å². The molecule has 1 aliphatic rings. The average molecular weight is 277 g/mol. The van der Waals surface area contributed by atoms with Crippen LogP contribution in [0.15, 0.2) is 24.3 Å². The predicted molar refractivity (Wildman–Crippen MR) is 65.2 cm³/mol. The van der Waals surface area contributed by atoms with Crippen molar-refractivity contribution in [3.63, 3.8) is 0 Å². The quantitative estimate of drug-likeness (QED) is 0.628. The van der Waals surface area contributed by atoms with Gasteiger partial charge in [-0.15, -0.1) is 11.3 Å². The van der Waals surface area contributed by atoms with Crippen molar-refractivity contribution in [2.24, 2.45) is 0 Å². The molecule has 96 valence electrons. The number of carbonyl (C=O) groups is 3. The number of aliphatic hydroxyl groups is 1. The van der Waals surface area contributed by atoms with Crippen molar-refractivity contribution in [2.75, 3.05) is 0 Å². The Hall–Kier alpha value is -2.32. The van der Waals surface area contributed by atoms with E-state index in [9.17, 15) is 19.5 Å². The molecule has 1 aliphatic heterocycles. The number of hydrogen-bond acceptors (Lipinski definition) is 6. The van der Waals surface area contributed by atoms with Crippen LogP contribution in [0.25, 0.3) is 10.2 Å². The van der Waals surface area contributed by atoms with Gasteiger partial charge in [-0.25, -0.2) is 9.78 Å². The first-order valence-corrected chi connectivity index (χ1v) is 6.09. The molecule has 0 radical (unpaired) electrons. The van der Waals surface area contributed by atoms with Crippen LogP contribution in [0.3, 0.4) is 0 Å². The smallest absolute Gasteiger partial charge is 0.328 e. The van der Waals surface area contributed by atoms with E-state index in [-0.39, 0.29) is 5.01 Å². The number of nitrogens with one attached hydrogen (secondary N) is 2. The zero-order chi connectivity index (χ0) is 13.6. The second-order valence-electron chi connectivity index (χ2n) is 3.93. The molecular formula is C11H7N3O4S. The molecule has 2 heterocycles. The molecule has 1 aromatic carbocycles. The maximum atomic E-state index is 11.7. The highest BCUT2D eigenvalue weighted by Crippen LogP contribution is 2.31. The molecule has 0 saturated carbocycles. The first-order valence-electron chi connectivity index (χ1n) is 5.27. The van der Waals surface area contributed by atoms with Gasteiger partial charge in [-0.2, -0.15) is 0 Å². The second kappa shape index (κ2) is 3.84. The summed E-state index contributed by atoms with van der Waals surface area (Å²) < 4.78 is 0.725. The number of urea groups is 1. The van der Waals surface area contributed by atoms with Crippen molar-refractivity contribution in [2.45, 2.75) is 5.60 Å². The topological polar surface area (TPSA) is 108 Å². The number of aromatic nitrogens is 1. The van der Waals surface area contributed by atoms with Gasteiger partial charge in [0, 0.05) is 0 Å². The molecule has 1 saturated heterocycles. The Kier molecular flexibility index (Phi) is 2.37. The van der Waals surface area contributed by atoms with Gasteiger partial charge in [0.25, 0.3) is 17.4 Å². The van der Waals surface area contributed by atoms with Gasteiger partial charge in [0.15, 0.2) is 0 Å². The lowest BCUT2D eigenvalue weighted by Crippen LogP contribution is -2.64. The lowest BCUT2D eigenvalue weighted by atomic mass is 10.0. The van der Waals surface area contributed by atoms with Crippen molar-refractivity contribution in [1.29, 1.82) is 0 Å². The molecule has 19 heavy (non-hydrogen) atoms. The lowest BCUT2D eigenvalue weighted by Gasteiger charge is -2.26. The Balaban J connectivity index is 2.15. The number of thiazole rings is 1.